The van der Waals surface area contributed by atoms with Gasteiger partial charge < -0.3 is 21.5 Å². The van der Waals surface area contributed by atoms with Gasteiger partial charge in [-0.05, 0) is 12.1 Å². The van der Waals surface area contributed by atoms with Gasteiger partial charge in [-0.1, -0.05) is 18.2 Å². The van der Waals surface area contributed by atoms with Crippen LogP contribution in [0.1, 0.15) is 11.1 Å². The third-order valence-electron chi connectivity index (χ3n) is 4.71. The maximum Gasteiger partial charge on any atom is 0.407 e. The van der Waals surface area contributed by atoms with Crippen LogP contribution in [-0.2, 0) is 17.8 Å². The number of nitrogen functional groups attached to an aromatic ring is 2. The van der Waals surface area contributed by atoms with E-state index in [2.05, 4.69) is 30.1 Å². The second-order valence-electron chi connectivity index (χ2n) is 6.76. The molecule has 0 atom stereocenters. The van der Waals surface area contributed by atoms with Crippen LogP contribution in [0.4, 0.5) is 25.2 Å². The third-order valence-corrected chi connectivity index (χ3v) is 4.71. The molecule has 32 heavy (non-hydrogen) atoms. The molecule has 0 aliphatic carbocycles. The Labute approximate surface area is 180 Å². The molecule has 4 aromatic rings. The summed E-state index contributed by atoms with van der Waals surface area (Å²) in [7, 11) is 1.22. The number of ether oxygens (including phenoxy) is 1. The summed E-state index contributed by atoms with van der Waals surface area (Å²) in [5, 5.41) is 7.18. The van der Waals surface area contributed by atoms with Crippen LogP contribution in [0.25, 0.3) is 22.6 Å². The number of pyridine rings is 1. The van der Waals surface area contributed by atoms with E-state index in [0.717, 1.165) is 6.20 Å². The zero-order chi connectivity index (χ0) is 22.8. The molecule has 0 aliphatic rings. The lowest BCUT2D eigenvalue weighted by Crippen LogP contribution is -2.24. The lowest BCUT2D eigenvalue weighted by atomic mass is 10.2. The van der Waals surface area contributed by atoms with Gasteiger partial charge in [-0.2, -0.15) is 5.10 Å². The summed E-state index contributed by atoms with van der Waals surface area (Å²) >= 11 is 0. The Balaban J connectivity index is 1.78. The Bertz CT molecular complexity index is 1300. The van der Waals surface area contributed by atoms with Gasteiger partial charge in [0.05, 0.1) is 37.3 Å². The summed E-state index contributed by atoms with van der Waals surface area (Å²) in [5.41, 5.74) is 13.2. The topological polar surface area (TPSA) is 147 Å². The number of nitrogens with zero attached hydrogens (tertiary/aromatic N) is 5. The second kappa shape index (κ2) is 8.41. The maximum atomic E-state index is 14.2. The third kappa shape index (κ3) is 3.97. The largest absolute Gasteiger partial charge is 0.453 e. The number of nitrogens with two attached hydrogens (primary N) is 2. The predicted octanol–water partition coefficient (Wildman–Crippen LogP) is 2.24. The van der Waals surface area contributed by atoms with Crippen LogP contribution in [-0.4, -0.2) is 37.9 Å². The lowest BCUT2D eigenvalue weighted by Gasteiger charge is -2.10. The Morgan fingerprint density at radius 1 is 1.19 bits per heavy atom. The van der Waals surface area contributed by atoms with Gasteiger partial charge in [-0.25, -0.2) is 33.2 Å². The van der Waals surface area contributed by atoms with E-state index in [1.807, 2.05) is 0 Å². The molecule has 0 saturated carbocycles. The average Bonchev–Trinajstić information content (AvgIpc) is 3.11. The fraction of sp³-hybridized carbons (Fsp3) is 0.150. The lowest BCUT2D eigenvalue weighted by molar-refractivity contribution is 0.170. The minimum Gasteiger partial charge on any atom is -0.453 e. The van der Waals surface area contributed by atoms with E-state index in [-0.39, 0.29) is 36.2 Å². The normalized spacial score (nSPS) is 11.0. The van der Waals surface area contributed by atoms with Gasteiger partial charge >= 0.3 is 6.09 Å². The van der Waals surface area contributed by atoms with Gasteiger partial charge in [0.25, 0.3) is 0 Å². The molecule has 0 unspecified atom stereocenters. The number of halogens is 2. The SMILES string of the molecule is COC(=O)NCc1c(N)nc(-c2nn(Cc3ccccc3F)c3ncc(F)cc23)nc1N. The zero-order valence-electron chi connectivity index (χ0n) is 16.8. The first-order chi connectivity index (χ1) is 15.4. The van der Waals surface area contributed by atoms with Gasteiger partial charge in [-0.3, -0.25) is 0 Å². The molecule has 12 heteroatoms. The number of anilines is 2. The van der Waals surface area contributed by atoms with Gasteiger partial charge in [0.1, 0.15) is 29.0 Å². The first kappa shape index (κ1) is 20.9. The highest BCUT2D eigenvalue weighted by Crippen LogP contribution is 2.28. The molecule has 0 spiro atoms. The molecule has 3 heterocycles. The standard InChI is InChI=1S/C20H18F2N8O2/c1-32-20(31)26-8-13-16(23)27-18(28-17(13)24)15-12-6-11(21)7-25-19(12)30(29-15)9-10-4-2-3-5-14(10)22/h2-7H,8-9H2,1H3,(H,26,31)(H4,23,24,27,28). The van der Waals surface area contributed by atoms with E-state index in [1.54, 1.807) is 18.2 Å². The number of alkyl carbamates (subject to hydrolysis) is 1. The molecular weight excluding hydrogens is 422 g/mol. The van der Waals surface area contributed by atoms with Gasteiger partial charge in [-0.15, -0.1) is 0 Å². The van der Waals surface area contributed by atoms with Crippen molar-refractivity contribution in [2.24, 2.45) is 0 Å². The molecule has 0 radical (unpaired) electrons. The van der Waals surface area contributed by atoms with E-state index in [0.29, 0.717) is 22.2 Å². The van der Waals surface area contributed by atoms with Crippen LogP contribution in [0.15, 0.2) is 36.5 Å². The van der Waals surface area contributed by atoms with Gasteiger partial charge in [0, 0.05) is 5.56 Å². The van der Waals surface area contributed by atoms with Crippen LogP contribution in [0, 0.1) is 11.6 Å². The number of benzene rings is 1. The minimum atomic E-state index is -0.674. The van der Waals surface area contributed by atoms with Crippen molar-refractivity contribution in [1.29, 1.82) is 0 Å². The highest BCUT2D eigenvalue weighted by atomic mass is 19.1. The van der Waals surface area contributed by atoms with Crippen LogP contribution in [0.5, 0.6) is 0 Å². The summed E-state index contributed by atoms with van der Waals surface area (Å²) < 4.78 is 34.1. The summed E-state index contributed by atoms with van der Waals surface area (Å²) in [6.45, 7) is -0.00280. The second-order valence-corrected chi connectivity index (χ2v) is 6.76. The number of carbonyl (C=O) groups is 1. The number of carbonyl (C=O) groups excluding carboxylic acids is 1. The molecule has 1 aromatic carbocycles. The number of methoxy groups -OCH3 is 1. The van der Waals surface area contributed by atoms with Crippen molar-refractivity contribution in [1.82, 2.24) is 30.0 Å². The summed E-state index contributed by atoms with van der Waals surface area (Å²) in [6, 6.07) is 7.45. The first-order valence-corrected chi connectivity index (χ1v) is 9.37. The van der Waals surface area contributed by atoms with Crippen molar-refractivity contribution < 1.29 is 18.3 Å². The summed E-state index contributed by atoms with van der Waals surface area (Å²) in [6.07, 6.45) is 0.365. The molecule has 0 fully saturated rings. The molecule has 5 N–H and O–H groups in total. The molecule has 1 amide bonds. The van der Waals surface area contributed by atoms with E-state index < -0.39 is 17.7 Å². The van der Waals surface area contributed by atoms with Crippen molar-refractivity contribution in [2.45, 2.75) is 13.1 Å². The predicted molar refractivity (Wildman–Crippen MR) is 112 cm³/mol. The summed E-state index contributed by atoms with van der Waals surface area (Å²) in [5.74, 6) is -0.960. The van der Waals surface area contributed by atoms with Crippen LogP contribution >= 0.6 is 0 Å². The molecule has 0 saturated heterocycles. The number of aromatic nitrogens is 5. The molecular formula is C20H18F2N8O2. The van der Waals surface area contributed by atoms with Crippen LogP contribution in [0.2, 0.25) is 0 Å². The smallest absolute Gasteiger partial charge is 0.407 e. The quantitative estimate of drug-likeness (QED) is 0.428. The van der Waals surface area contributed by atoms with E-state index in [1.165, 1.54) is 23.9 Å². The molecule has 0 bridgehead atoms. The number of hydrogen-bond acceptors (Lipinski definition) is 8. The zero-order valence-corrected chi connectivity index (χ0v) is 16.8. The number of hydrogen-bond donors (Lipinski definition) is 3. The average molecular weight is 440 g/mol. The van der Waals surface area contributed by atoms with Crippen molar-refractivity contribution in [3.05, 3.63) is 59.3 Å². The molecule has 0 aliphatic heterocycles. The number of rotatable bonds is 5. The Hall–Kier alpha value is -4.35. The van der Waals surface area contributed by atoms with E-state index >= 15 is 0 Å². The molecule has 10 nitrogen and oxygen atoms in total. The van der Waals surface area contributed by atoms with E-state index in [9.17, 15) is 13.6 Å². The summed E-state index contributed by atoms with van der Waals surface area (Å²) in [4.78, 5) is 23.9. The highest BCUT2D eigenvalue weighted by molar-refractivity contribution is 5.89. The molecule has 4 rings (SSSR count). The number of fused-ring (bicyclic) bond motifs is 1. The van der Waals surface area contributed by atoms with Crippen LogP contribution in [0.3, 0.4) is 0 Å². The Morgan fingerprint density at radius 3 is 2.59 bits per heavy atom. The minimum absolute atomic E-state index is 0.00469. The highest BCUT2D eigenvalue weighted by Gasteiger charge is 2.20. The van der Waals surface area contributed by atoms with Crippen molar-refractivity contribution in [3.63, 3.8) is 0 Å². The van der Waals surface area contributed by atoms with Gasteiger partial charge in [0.2, 0.25) is 0 Å². The Kier molecular flexibility index (Phi) is 5.50. The van der Waals surface area contributed by atoms with E-state index in [4.69, 9.17) is 11.5 Å². The van der Waals surface area contributed by atoms with Gasteiger partial charge in [0.15, 0.2) is 11.5 Å². The maximum absolute atomic E-state index is 14.2. The van der Waals surface area contributed by atoms with Crippen LogP contribution < -0.4 is 16.8 Å². The number of nitrogens with one attached hydrogen (secondary N) is 1. The monoisotopic (exact) mass is 440 g/mol. The number of amides is 1. The first-order valence-electron chi connectivity index (χ1n) is 9.37. The van der Waals surface area contributed by atoms with Crippen molar-refractivity contribution >= 4 is 28.8 Å². The fourth-order valence-corrected chi connectivity index (χ4v) is 3.14. The Morgan fingerprint density at radius 2 is 1.91 bits per heavy atom. The fourth-order valence-electron chi connectivity index (χ4n) is 3.14. The molecule has 164 valence electrons. The molecule has 3 aromatic heterocycles. The van der Waals surface area contributed by atoms with Crippen molar-refractivity contribution in [2.75, 3.05) is 18.6 Å². The van der Waals surface area contributed by atoms with Crippen molar-refractivity contribution in [3.8, 4) is 11.5 Å².